The third-order valence-corrected chi connectivity index (χ3v) is 9.97. The molecule has 1 saturated heterocycles. The summed E-state index contributed by atoms with van der Waals surface area (Å²) in [5.74, 6) is -2.54. The maximum absolute atomic E-state index is 14.1. The van der Waals surface area contributed by atoms with Crippen LogP contribution in [0, 0.1) is 28.6 Å². The highest BCUT2D eigenvalue weighted by atomic mass is 16.6. The third kappa shape index (κ3) is 9.60. The molecule has 1 unspecified atom stereocenters. The molecule has 1 heterocycles. The van der Waals surface area contributed by atoms with Gasteiger partial charge in [0.05, 0.1) is 6.04 Å². The van der Waals surface area contributed by atoms with Gasteiger partial charge in [-0.2, -0.15) is 0 Å². The predicted molar refractivity (Wildman–Crippen MR) is 184 cm³/mol. The Morgan fingerprint density at radius 3 is 2.18 bits per heavy atom. The molecule has 3 fully saturated rings. The lowest BCUT2D eigenvalue weighted by atomic mass is 9.85. The molecule has 49 heavy (non-hydrogen) atoms. The monoisotopic (exact) mass is 681 g/mol. The minimum atomic E-state index is -1.06. The number of likely N-dealkylation sites (tertiary alicyclic amines) is 1. The van der Waals surface area contributed by atoms with Gasteiger partial charge in [0, 0.05) is 33.1 Å². The van der Waals surface area contributed by atoms with Gasteiger partial charge >= 0.3 is 6.09 Å². The molecule has 12 nitrogen and oxygen atoms in total. The Bertz CT molecular complexity index is 1430. The van der Waals surface area contributed by atoms with Crippen molar-refractivity contribution in [3.05, 3.63) is 35.9 Å². The average molecular weight is 682 g/mol. The van der Waals surface area contributed by atoms with Crippen molar-refractivity contribution in [2.75, 3.05) is 20.1 Å². The molecule has 1 aliphatic heterocycles. The van der Waals surface area contributed by atoms with Gasteiger partial charge in [-0.15, -0.1) is 0 Å². The van der Waals surface area contributed by atoms with Crippen LogP contribution in [0.3, 0.4) is 0 Å². The standard InChI is InChI=1S/C37H55N5O7/c1-35(2,3)30(40-34(48)49-36(4,5)6)33(47)42-21-24-27(37(24,7)8)28(42)31(45)39-25(19-22-15-16-22)29(44)32(46)38-18-17-26(43)41(9)20-23-13-11-10-12-14-23/h10-14,22,24-25,27-28,30H,15-21H2,1-9H3,(H,38,46)(H,39,45)(H,40,48)/t24-,25?,27-,28-,30+/m0/s1. The first kappa shape index (κ1) is 37.9. The van der Waals surface area contributed by atoms with E-state index in [-0.39, 0.29) is 42.0 Å². The molecule has 2 saturated carbocycles. The number of hydrogen-bond acceptors (Lipinski definition) is 7. The van der Waals surface area contributed by atoms with Crippen LogP contribution in [0.5, 0.6) is 0 Å². The number of ether oxygens (including phenoxy) is 1. The summed E-state index contributed by atoms with van der Waals surface area (Å²) in [5.41, 5.74) is -0.673. The normalized spacial score (nSPS) is 22.2. The number of ketones is 1. The Morgan fingerprint density at radius 1 is 0.980 bits per heavy atom. The highest BCUT2D eigenvalue weighted by molar-refractivity contribution is 6.38. The molecule has 4 rings (SSSR count). The fraction of sp³-hybridized carbons (Fsp3) is 0.676. The molecule has 0 spiro atoms. The van der Waals surface area contributed by atoms with Crippen molar-refractivity contribution in [1.82, 2.24) is 25.8 Å². The van der Waals surface area contributed by atoms with E-state index in [0.29, 0.717) is 19.5 Å². The number of nitrogens with one attached hydrogen (secondary N) is 3. The van der Waals surface area contributed by atoms with Crippen molar-refractivity contribution in [3.8, 4) is 0 Å². The summed E-state index contributed by atoms with van der Waals surface area (Å²) in [4.78, 5) is 83.2. The smallest absolute Gasteiger partial charge is 0.408 e. The lowest BCUT2D eigenvalue weighted by Crippen LogP contribution is -2.60. The van der Waals surface area contributed by atoms with Crippen molar-refractivity contribution in [1.29, 1.82) is 0 Å². The van der Waals surface area contributed by atoms with Crippen LogP contribution < -0.4 is 16.0 Å². The first-order chi connectivity index (χ1) is 22.7. The highest BCUT2D eigenvalue weighted by Gasteiger charge is 2.70. The number of benzene rings is 1. The molecular formula is C37H55N5O7. The zero-order valence-corrected chi connectivity index (χ0v) is 30.6. The van der Waals surface area contributed by atoms with E-state index in [1.54, 1.807) is 32.7 Å². The average Bonchev–Trinajstić information content (AvgIpc) is 3.85. The van der Waals surface area contributed by atoms with Crippen molar-refractivity contribution in [3.63, 3.8) is 0 Å². The summed E-state index contributed by atoms with van der Waals surface area (Å²) in [6.45, 7) is 15.6. The quantitative estimate of drug-likeness (QED) is 0.270. The number of nitrogens with zero attached hydrogens (tertiary/aromatic N) is 2. The maximum Gasteiger partial charge on any atom is 0.408 e. The molecule has 12 heteroatoms. The maximum atomic E-state index is 14.1. The van der Waals surface area contributed by atoms with Crippen molar-refractivity contribution in [2.45, 2.75) is 111 Å². The molecule has 5 atom stereocenters. The van der Waals surface area contributed by atoms with Crippen LogP contribution >= 0.6 is 0 Å². The van der Waals surface area contributed by atoms with E-state index in [0.717, 1.165) is 18.4 Å². The van der Waals surface area contributed by atoms with Gasteiger partial charge in [-0.05, 0) is 61.3 Å². The molecule has 3 N–H and O–H groups in total. The largest absolute Gasteiger partial charge is 0.444 e. The van der Waals surface area contributed by atoms with Crippen molar-refractivity contribution < 1.29 is 33.5 Å². The second-order valence-electron chi connectivity index (χ2n) is 16.7. The second kappa shape index (κ2) is 14.5. The van der Waals surface area contributed by atoms with Crippen LogP contribution in [-0.2, 0) is 35.3 Å². The van der Waals surface area contributed by atoms with Crippen LogP contribution in [0.25, 0.3) is 0 Å². The topological polar surface area (TPSA) is 154 Å². The van der Waals surface area contributed by atoms with Gasteiger partial charge in [0.2, 0.25) is 23.5 Å². The van der Waals surface area contributed by atoms with Crippen LogP contribution in [0.4, 0.5) is 4.79 Å². The van der Waals surface area contributed by atoms with Crippen LogP contribution in [0.1, 0.15) is 86.6 Å². The Kier molecular flexibility index (Phi) is 11.2. The minimum absolute atomic E-state index is 0.0194. The third-order valence-electron chi connectivity index (χ3n) is 9.97. The number of carbonyl (C=O) groups excluding carboxylic acids is 6. The minimum Gasteiger partial charge on any atom is -0.444 e. The molecule has 1 aromatic carbocycles. The molecule has 3 aliphatic rings. The number of amides is 5. The van der Waals surface area contributed by atoms with E-state index in [1.165, 1.54) is 4.90 Å². The Labute approximate surface area is 290 Å². The molecule has 0 aromatic heterocycles. The molecule has 270 valence electrons. The Hall–Kier alpha value is -3.96. The number of alkyl carbamates (subject to hydrolysis) is 1. The Balaban J connectivity index is 1.42. The predicted octanol–water partition coefficient (Wildman–Crippen LogP) is 3.43. The van der Waals surface area contributed by atoms with E-state index in [1.807, 2.05) is 51.1 Å². The fourth-order valence-electron chi connectivity index (χ4n) is 6.89. The Morgan fingerprint density at radius 2 is 1.61 bits per heavy atom. The fourth-order valence-corrected chi connectivity index (χ4v) is 6.89. The van der Waals surface area contributed by atoms with Crippen LogP contribution in [0.2, 0.25) is 0 Å². The zero-order valence-electron chi connectivity index (χ0n) is 30.6. The lowest BCUT2D eigenvalue weighted by Gasteiger charge is -2.38. The van der Waals surface area contributed by atoms with Gasteiger partial charge in [-0.1, -0.05) is 77.8 Å². The van der Waals surface area contributed by atoms with Crippen LogP contribution in [-0.4, -0.2) is 89.2 Å². The molecule has 5 amide bonds. The van der Waals surface area contributed by atoms with E-state index in [2.05, 4.69) is 29.8 Å². The number of fused-ring (bicyclic) bond motifs is 1. The van der Waals surface area contributed by atoms with Crippen molar-refractivity contribution in [2.24, 2.45) is 28.6 Å². The van der Waals surface area contributed by atoms with Gasteiger partial charge in [0.25, 0.3) is 5.91 Å². The lowest BCUT2D eigenvalue weighted by molar-refractivity contribution is -0.145. The van der Waals surface area contributed by atoms with Gasteiger partial charge < -0.3 is 30.5 Å². The van der Waals surface area contributed by atoms with E-state index in [9.17, 15) is 28.8 Å². The first-order valence-corrected chi connectivity index (χ1v) is 17.4. The number of Topliss-reactive ketones (excluding diaryl/α,β-unsaturated/α-hetero) is 1. The SMILES string of the molecule is CN(Cc1ccccc1)C(=O)CCNC(=O)C(=O)C(CC1CC1)NC(=O)[C@@H]1[C@@H]2[C@H](CN1C(=O)[C@@H](NC(=O)OC(C)(C)C)C(C)(C)C)C2(C)C. The zero-order chi connectivity index (χ0) is 36.5. The molecular weight excluding hydrogens is 626 g/mol. The number of carbonyl (C=O) groups is 6. The summed E-state index contributed by atoms with van der Waals surface area (Å²) in [6.07, 6.45) is 1.42. The van der Waals surface area contributed by atoms with E-state index in [4.69, 9.17) is 4.74 Å². The summed E-state index contributed by atoms with van der Waals surface area (Å²) in [7, 11) is 1.68. The van der Waals surface area contributed by atoms with Gasteiger partial charge in [0.1, 0.15) is 17.7 Å². The summed E-state index contributed by atoms with van der Waals surface area (Å²) < 4.78 is 5.44. The molecule has 0 bridgehead atoms. The summed E-state index contributed by atoms with van der Waals surface area (Å²) >= 11 is 0. The van der Waals surface area contributed by atoms with E-state index >= 15 is 0 Å². The highest BCUT2D eigenvalue weighted by Crippen LogP contribution is 2.65. The molecule has 1 aromatic rings. The van der Waals surface area contributed by atoms with Gasteiger partial charge in [-0.25, -0.2) is 4.79 Å². The van der Waals surface area contributed by atoms with Gasteiger partial charge in [0.15, 0.2) is 0 Å². The number of piperidine rings is 1. The first-order valence-electron chi connectivity index (χ1n) is 17.4. The summed E-state index contributed by atoms with van der Waals surface area (Å²) in [5, 5.41) is 8.16. The van der Waals surface area contributed by atoms with Gasteiger partial charge in [-0.3, -0.25) is 24.0 Å². The summed E-state index contributed by atoms with van der Waals surface area (Å²) in [6, 6.07) is 6.64. The number of rotatable bonds is 13. The van der Waals surface area contributed by atoms with Crippen molar-refractivity contribution >= 4 is 35.5 Å². The molecule has 0 radical (unpaired) electrons. The second-order valence-corrected chi connectivity index (χ2v) is 16.7. The van der Waals surface area contributed by atoms with Crippen LogP contribution in [0.15, 0.2) is 30.3 Å². The number of hydrogen-bond donors (Lipinski definition) is 3. The van der Waals surface area contributed by atoms with E-state index < -0.39 is 58.7 Å². The molecule has 2 aliphatic carbocycles.